The van der Waals surface area contributed by atoms with Gasteiger partial charge < -0.3 is 5.32 Å². The molecule has 0 aromatic carbocycles. The first kappa shape index (κ1) is 12.6. The SMILES string of the molecule is CNC(Cc1cc(Br)cs1)C1CCC(C)C1. The van der Waals surface area contributed by atoms with Crippen molar-refractivity contribution in [1.29, 1.82) is 0 Å². The molecule has 1 fully saturated rings. The van der Waals surface area contributed by atoms with E-state index in [2.05, 4.69) is 46.7 Å². The monoisotopic (exact) mass is 301 g/mol. The topological polar surface area (TPSA) is 12.0 Å². The van der Waals surface area contributed by atoms with Gasteiger partial charge in [-0.15, -0.1) is 11.3 Å². The molecule has 3 unspecified atom stereocenters. The van der Waals surface area contributed by atoms with Crippen molar-refractivity contribution >= 4 is 27.3 Å². The van der Waals surface area contributed by atoms with Gasteiger partial charge in [0.2, 0.25) is 0 Å². The van der Waals surface area contributed by atoms with Crippen LogP contribution in [0, 0.1) is 11.8 Å². The van der Waals surface area contributed by atoms with E-state index in [4.69, 9.17) is 0 Å². The van der Waals surface area contributed by atoms with Crippen LogP contribution >= 0.6 is 27.3 Å². The standard InChI is InChI=1S/C13H20BrNS/c1-9-3-4-10(5-9)13(15-2)7-12-6-11(14)8-16-12/h6,8-10,13,15H,3-5,7H2,1-2H3. The van der Waals surface area contributed by atoms with Gasteiger partial charge in [-0.3, -0.25) is 0 Å². The molecule has 1 aromatic rings. The third-order valence-corrected chi connectivity index (χ3v) is 5.44. The third-order valence-electron chi connectivity index (χ3n) is 3.72. The smallest absolute Gasteiger partial charge is 0.0285 e. The molecule has 90 valence electrons. The first-order valence-electron chi connectivity index (χ1n) is 6.09. The maximum absolute atomic E-state index is 3.53. The van der Waals surface area contributed by atoms with Gasteiger partial charge in [0, 0.05) is 20.8 Å². The molecule has 0 bridgehead atoms. The molecule has 0 aliphatic heterocycles. The summed E-state index contributed by atoms with van der Waals surface area (Å²) in [5, 5.41) is 5.69. The first-order chi connectivity index (χ1) is 7.69. The lowest BCUT2D eigenvalue weighted by Gasteiger charge is -2.22. The lowest BCUT2D eigenvalue weighted by molar-refractivity contribution is 0.369. The molecule has 1 N–H and O–H groups in total. The summed E-state index contributed by atoms with van der Waals surface area (Å²) in [5.74, 6) is 1.80. The largest absolute Gasteiger partial charge is 0.316 e. The Labute approximate surface area is 111 Å². The van der Waals surface area contributed by atoms with Crippen molar-refractivity contribution in [2.24, 2.45) is 11.8 Å². The van der Waals surface area contributed by atoms with Crippen LogP contribution < -0.4 is 5.32 Å². The number of hydrogen-bond donors (Lipinski definition) is 1. The van der Waals surface area contributed by atoms with Crippen LogP contribution in [0.25, 0.3) is 0 Å². The molecule has 1 aromatic heterocycles. The molecule has 1 nitrogen and oxygen atoms in total. The molecule has 1 aliphatic rings. The van der Waals surface area contributed by atoms with Crippen molar-refractivity contribution in [3.8, 4) is 0 Å². The van der Waals surface area contributed by atoms with Crippen molar-refractivity contribution < 1.29 is 0 Å². The highest BCUT2D eigenvalue weighted by Gasteiger charge is 2.28. The highest BCUT2D eigenvalue weighted by molar-refractivity contribution is 9.10. The van der Waals surface area contributed by atoms with Crippen LogP contribution in [0.5, 0.6) is 0 Å². The van der Waals surface area contributed by atoms with E-state index in [9.17, 15) is 0 Å². The van der Waals surface area contributed by atoms with Crippen LogP contribution in [0.15, 0.2) is 15.9 Å². The minimum atomic E-state index is 0.663. The quantitative estimate of drug-likeness (QED) is 0.884. The summed E-state index contributed by atoms with van der Waals surface area (Å²) in [6, 6.07) is 2.92. The van der Waals surface area contributed by atoms with E-state index in [1.54, 1.807) is 0 Å². The summed E-state index contributed by atoms with van der Waals surface area (Å²) < 4.78 is 1.22. The average Bonchev–Trinajstić information content (AvgIpc) is 2.84. The maximum atomic E-state index is 3.53. The molecule has 3 atom stereocenters. The zero-order valence-electron chi connectivity index (χ0n) is 10.0. The fourth-order valence-electron chi connectivity index (χ4n) is 2.80. The van der Waals surface area contributed by atoms with Gasteiger partial charge in [0.25, 0.3) is 0 Å². The fraction of sp³-hybridized carbons (Fsp3) is 0.692. The molecule has 0 radical (unpaired) electrons. The lowest BCUT2D eigenvalue weighted by atomic mass is 9.94. The third kappa shape index (κ3) is 3.08. The van der Waals surface area contributed by atoms with Gasteiger partial charge in [-0.05, 0) is 60.1 Å². The first-order valence-corrected chi connectivity index (χ1v) is 7.76. The van der Waals surface area contributed by atoms with Crippen molar-refractivity contribution in [3.05, 3.63) is 20.8 Å². The van der Waals surface area contributed by atoms with Crippen LogP contribution in [0.1, 0.15) is 31.1 Å². The molecule has 0 saturated heterocycles. The highest BCUT2D eigenvalue weighted by Crippen LogP contribution is 2.34. The van der Waals surface area contributed by atoms with Crippen molar-refractivity contribution in [1.82, 2.24) is 5.32 Å². The number of thiophene rings is 1. The van der Waals surface area contributed by atoms with E-state index in [1.807, 2.05) is 11.3 Å². The molecule has 0 spiro atoms. The van der Waals surface area contributed by atoms with Gasteiger partial charge in [0.05, 0.1) is 0 Å². The molecular formula is C13H20BrNS. The number of halogens is 1. The molecule has 3 heteroatoms. The van der Waals surface area contributed by atoms with Gasteiger partial charge >= 0.3 is 0 Å². The fourth-order valence-corrected chi connectivity index (χ4v) is 4.31. The van der Waals surface area contributed by atoms with E-state index in [1.165, 1.54) is 35.0 Å². The zero-order chi connectivity index (χ0) is 11.5. The number of hydrogen-bond acceptors (Lipinski definition) is 2. The summed E-state index contributed by atoms with van der Waals surface area (Å²) in [6.45, 7) is 2.38. The van der Waals surface area contributed by atoms with Crippen LogP contribution in [0.4, 0.5) is 0 Å². The summed E-state index contributed by atoms with van der Waals surface area (Å²) in [7, 11) is 2.11. The summed E-state index contributed by atoms with van der Waals surface area (Å²) in [4.78, 5) is 1.49. The normalized spacial score (nSPS) is 27.2. The molecule has 2 rings (SSSR count). The van der Waals surface area contributed by atoms with Crippen LogP contribution in [-0.2, 0) is 6.42 Å². The maximum Gasteiger partial charge on any atom is 0.0285 e. The Morgan fingerprint density at radius 2 is 2.38 bits per heavy atom. The molecular weight excluding hydrogens is 282 g/mol. The van der Waals surface area contributed by atoms with E-state index in [0.717, 1.165) is 11.8 Å². The number of nitrogens with one attached hydrogen (secondary N) is 1. The Morgan fingerprint density at radius 3 is 2.88 bits per heavy atom. The molecule has 1 saturated carbocycles. The minimum Gasteiger partial charge on any atom is -0.316 e. The van der Waals surface area contributed by atoms with Crippen molar-refractivity contribution in [2.75, 3.05) is 7.05 Å². The Morgan fingerprint density at radius 1 is 1.56 bits per heavy atom. The summed E-state index contributed by atoms with van der Waals surface area (Å²) in [6.07, 6.45) is 5.40. The Balaban J connectivity index is 1.95. The second kappa shape index (κ2) is 5.65. The Hall–Kier alpha value is 0.140. The summed E-state index contributed by atoms with van der Waals surface area (Å²) in [5.41, 5.74) is 0. The van der Waals surface area contributed by atoms with Crippen LogP contribution in [-0.4, -0.2) is 13.1 Å². The second-order valence-electron chi connectivity index (χ2n) is 5.01. The molecule has 0 amide bonds. The minimum absolute atomic E-state index is 0.663. The lowest BCUT2D eigenvalue weighted by Crippen LogP contribution is -2.34. The van der Waals surface area contributed by atoms with E-state index in [-0.39, 0.29) is 0 Å². The zero-order valence-corrected chi connectivity index (χ0v) is 12.4. The van der Waals surface area contributed by atoms with Gasteiger partial charge in [-0.2, -0.15) is 0 Å². The van der Waals surface area contributed by atoms with Gasteiger partial charge in [-0.1, -0.05) is 13.3 Å². The number of rotatable bonds is 4. The molecule has 16 heavy (non-hydrogen) atoms. The van der Waals surface area contributed by atoms with E-state index >= 15 is 0 Å². The van der Waals surface area contributed by atoms with Gasteiger partial charge in [-0.25, -0.2) is 0 Å². The Kier molecular flexibility index (Phi) is 4.45. The van der Waals surface area contributed by atoms with Crippen LogP contribution in [0.2, 0.25) is 0 Å². The second-order valence-corrected chi connectivity index (χ2v) is 6.92. The van der Waals surface area contributed by atoms with Gasteiger partial charge in [0.1, 0.15) is 0 Å². The average molecular weight is 302 g/mol. The predicted molar refractivity (Wildman–Crippen MR) is 75.1 cm³/mol. The van der Waals surface area contributed by atoms with Crippen LogP contribution in [0.3, 0.4) is 0 Å². The van der Waals surface area contributed by atoms with E-state index < -0.39 is 0 Å². The molecule has 1 aliphatic carbocycles. The Bertz CT molecular complexity index is 336. The molecule has 1 heterocycles. The summed E-state index contributed by atoms with van der Waals surface area (Å²) >= 11 is 5.39. The van der Waals surface area contributed by atoms with E-state index in [0.29, 0.717) is 6.04 Å². The van der Waals surface area contributed by atoms with Crippen molar-refractivity contribution in [3.63, 3.8) is 0 Å². The van der Waals surface area contributed by atoms with Gasteiger partial charge in [0.15, 0.2) is 0 Å². The predicted octanol–water partition coefficient (Wildman–Crippen LogP) is 4.08. The highest BCUT2D eigenvalue weighted by atomic mass is 79.9. The number of likely N-dealkylation sites (N-methyl/N-ethyl adjacent to an activating group) is 1. The van der Waals surface area contributed by atoms with Crippen molar-refractivity contribution in [2.45, 2.75) is 38.6 Å².